The Labute approximate surface area is 95.7 Å². The first-order valence-corrected chi connectivity index (χ1v) is 6.74. The van der Waals surface area contributed by atoms with Gasteiger partial charge in [0, 0.05) is 0 Å². The molecule has 0 amide bonds. The molecular weight excluding hydrogens is 190 g/mol. The average molecular weight is 217 g/mol. The minimum atomic E-state index is 0.832. The summed E-state index contributed by atoms with van der Waals surface area (Å²) in [7, 11) is 0. The van der Waals surface area contributed by atoms with E-state index in [2.05, 4.69) is 38.3 Å². The van der Waals surface area contributed by atoms with Crippen molar-refractivity contribution in [1.29, 1.82) is 0 Å². The molecule has 0 bridgehead atoms. The molecule has 0 spiro atoms. The fraction of sp³-hybridized carbons (Fsp3) is 1.00. The molecule has 0 saturated heterocycles. The van der Waals surface area contributed by atoms with Crippen molar-refractivity contribution in [2.45, 2.75) is 46.5 Å². The summed E-state index contributed by atoms with van der Waals surface area (Å²) in [5.74, 6) is 1.89. The van der Waals surface area contributed by atoms with Crippen LogP contribution in [0.2, 0.25) is 0 Å². The van der Waals surface area contributed by atoms with Crippen LogP contribution < -0.4 is 0 Å². The monoisotopic (exact) mass is 217 g/mol. The van der Waals surface area contributed by atoms with Gasteiger partial charge in [0.1, 0.15) is 0 Å². The van der Waals surface area contributed by atoms with Crippen LogP contribution in [0.4, 0.5) is 0 Å². The molecule has 0 rings (SSSR count). The van der Waals surface area contributed by atoms with Gasteiger partial charge in [0.05, 0.1) is 0 Å². The van der Waals surface area contributed by atoms with Gasteiger partial charge in [-0.3, -0.25) is 0 Å². The molecule has 0 aliphatic heterocycles. The summed E-state index contributed by atoms with van der Waals surface area (Å²) < 4.78 is 0. The lowest BCUT2D eigenvalue weighted by Crippen LogP contribution is -2.26. The highest BCUT2D eigenvalue weighted by atomic mass is 32.1. The smallest absolute Gasteiger partial charge is 0.00160 e. The van der Waals surface area contributed by atoms with Crippen LogP contribution in [0.5, 0.6) is 0 Å². The number of rotatable bonds is 9. The molecule has 0 aromatic rings. The van der Waals surface area contributed by atoms with Crippen LogP contribution >= 0.6 is 12.6 Å². The number of hydrogen-bond acceptors (Lipinski definition) is 2. The molecule has 2 heteroatoms. The summed E-state index contributed by atoms with van der Waals surface area (Å²) in [6, 6.07) is 0. The molecule has 1 nitrogen and oxygen atoms in total. The average Bonchev–Trinajstić information content (AvgIpc) is 2.23. The van der Waals surface area contributed by atoms with Gasteiger partial charge < -0.3 is 4.90 Å². The summed E-state index contributed by atoms with van der Waals surface area (Å²) >= 11 is 4.43. The van der Waals surface area contributed by atoms with Crippen LogP contribution in [0.1, 0.15) is 46.5 Å². The van der Waals surface area contributed by atoms with Crippen molar-refractivity contribution in [3.8, 4) is 0 Å². The van der Waals surface area contributed by atoms with Crippen LogP contribution in [-0.4, -0.2) is 30.3 Å². The predicted octanol–water partition coefficient (Wildman–Crippen LogP) is 3.45. The molecule has 1 atom stereocenters. The molecule has 1 unspecified atom stereocenters. The Morgan fingerprint density at radius 3 is 2.14 bits per heavy atom. The van der Waals surface area contributed by atoms with E-state index >= 15 is 0 Å². The Kier molecular flexibility index (Phi) is 10.1. The van der Waals surface area contributed by atoms with Gasteiger partial charge in [0.15, 0.2) is 0 Å². The first-order chi connectivity index (χ1) is 6.78. The molecule has 0 N–H and O–H groups in total. The highest BCUT2D eigenvalue weighted by Gasteiger charge is 2.07. The van der Waals surface area contributed by atoms with Gasteiger partial charge in [-0.25, -0.2) is 0 Å². The van der Waals surface area contributed by atoms with Gasteiger partial charge in [-0.2, -0.15) is 12.6 Å². The van der Waals surface area contributed by atoms with E-state index < -0.39 is 0 Å². The first kappa shape index (κ1) is 14.3. The van der Waals surface area contributed by atoms with Crippen LogP contribution in [0.25, 0.3) is 0 Å². The molecule has 14 heavy (non-hydrogen) atoms. The van der Waals surface area contributed by atoms with Crippen molar-refractivity contribution >= 4 is 12.6 Å². The SMILES string of the molecule is CCCCC(CS)CCN(CC)CC. The quantitative estimate of drug-likeness (QED) is 0.579. The fourth-order valence-corrected chi connectivity index (χ4v) is 2.09. The van der Waals surface area contributed by atoms with Gasteiger partial charge in [-0.1, -0.05) is 33.6 Å². The second-order valence-corrected chi connectivity index (χ2v) is 4.37. The Bertz CT molecular complexity index is 113. The van der Waals surface area contributed by atoms with Gasteiger partial charge in [-0.15, -0.1) is 0 Å². The second kappa shape index (κ2) is 9.85. The Hall–Kier alpha value is 0.310. The normalized spacial score (nSPS) is 13.5. The van der Waals surface area contributed by atoms with Crippen LogP contribution in [0, 0.1) is 5.92 Å². The van der Waals surface area contributed by atoms with E-state index in [1.165, 1.54) is 45.3 Å². The first-order valence-electron chi connectivity index (χ1n) is 6.11. The maximum absolute atomic E-state index is 4.43. The highest BCUT2D eigenvalue weighted by molar-refractivity contribution is 7.80. The molecule has 0 aliphatic rings. The zero-order chi connectivity index (χ0) is 10.8. The summed E-state index contributed by atoms with van der Waals surface area (Å²) in [5, 5.41) is 0. The van der Waals surface area contributed by atoms with E-state index in [9.17, 15) is 0 Å². The summed E-state index contributed by atoms with van der Waals surface area (Å²) in [5.41, 5.74) is 0. The third-order valence-electron chi connectivity index (χ3n) is 2.97. The molecule has 0 heterocycles. The lowest BCUT2D eigenvalue weighted by Gasteiger charge is -2.21. The van der Waals surface area contributed by atoms with Crippen molar-refractivity contribution in [3.05, 3.63) is 0 Å². The maximum atomic E-state index is 4.43. The van der Waals surface area contributed by atoms with Gasteiger partial charge in [-0.05, 0) is 44.1 Å². The molecular formula is C12H27NS. The van der Waals surface area contributed by atoms with E-state index in [1.54, 1.807) is 0 Å². The van der Waals surface area contributed by atoms with E-state index in [0.29, 0.717) is 0 Å². The fourth-order valence-electron chi connectivity index (χ4n) is 1.72. The standard InChI is InChI=1S/C12H27NS/c1-4-7-8-12(11-14)9-10-13(5-2)6-3/h12,14H,4-11H2,1-3H3. The largest absolute Gasteiger partial charge is 0.304 e. The van der Waals surface area contributed by atoms with Crippen molar-refractivity contribution in [1.82, 2.24) is 4.90 Å². The van der Waals surface area contributed by atoms with Crippen molar-refractivity contribution in [3.63, 3.8) is 0 Å². The Morgan fingerprint density at radius 2 is 1.71 bits per heavy atom. The van der Waals surface area contributed by atoms with Gasteiger partial charge in [0.2, 0.25) is 0 Å². The molecule has 0 fully saturated rings. The summed E-state index contributed by atoms with van der Waals surface area (Å²) in [6.45, 7) is 10.4. The maximum Gasteiger partial charge on any atom is -0.00160 e. The van der Waals surface area contributed by atoms with E-state index in [0.717, 1.165) is 11.7 Å². The minimum Gasteiger partial charge on any atom is -0.304 e. The number of thiol groups is 1. The van der Waals surface area contributed by atoms with Crippen LogP contribution in [0.3, 0.4) is 0 Å². The lowest BCUT2D eigenvalue weighted by molar-refractivity contribution is 0.276. The number of hydrogen-bond donors (Lipinski definition) is 1. The molecule has 0 aliphatic carbocycles. The topological polar surface area (TPSA) is 3.24 Å². The van der Waals surface area contributed by atoms with E-state index in [-0.39, 0.29) is 0 Å². The Morgan fingerprint density at radius 1 is 1.07 bits per heavy atom. The summed E-state index contributed by atoms with van der Waals surface area (Å²) in [6.07, 6.45) is 5.37. The van der Waals surface area contributed by atoms with Crippen molar-refractivity contribution < 1.29 is 0 Å². The molecule has 0 aromatic carbocycles. The van der Waals surface area contributed by atoms with Crippen molar-refractivity contribution in [2.24, 2.45) is 5.92 Å². The molecule has 86 valence electrons. The zero-order valence-electron chi connectivity index (χ0n) is 10.1. The second-order valence-electron chi connectivity index (χ2n) is 4.01. The zero-order valence-corrected chi connectivity index (χ0v) is 11.0. The number of nitrogens with zero attached hydrogens (tertiary/aromatic N) is 1. The Balaban J connectivity index is 3.59. The van der Waals surface area contributed by atoms with Crippen LogP contribution in [0.15, 0.2) is 0 Å². The van der Waals surface area contributed by atoms with E-state index in [1.807, 2.05) is 0 Å². The van der Waals surface area contributed by atoms with Crippen molar-refractivity contribution in [2.75, 3.05) is 25.4 Å². The summed E-state index contributed by atoms with van der Waals surface area (Å²) in [4.78, 5) is 2.50. The third kappa shape index (κ3) is 6.72. The van der Waals surface area contributed by atoms with Gasteiger partial charge in [0.25, 0.3) is 0 Å². The lowest BCUT2D eigenvalue weighted by atomic mass is 10.0. The predicted molar refractivity (Wildman–Crippen MR) is 69.3 cm³/mol. The van der Waals surface area contributed by atoms with Crippen LogP contribution in [-0.2, 0) is 0 Å². The molecule has 0 radical (unpaired) electrons. The molecule has 0 saturated carbocycles. The molecule has 0 aromatic heterocycles. The number of unbranched alkanes of at least 4 members (excludes halogenated alkanes) is 1. The highest BCUT2D eigenvalue weighted by Crippen LogP contribution is 2.14. The van der Waals surface area contributed by atoms with Gasteiger partial charge >= 0.3 is 0 Å². The van der Waals surface area contributed by atoms with E-state index in [4.69, 9.17) is 0 Å². The minimum absolute atomic E-state index is 0.832. The third-order valence-corrected chi connectivity index (χ3v) is 3.49.